The molecule has 0 aliphatic heterocycles. The summed E-state index contributed by atoms with van der Waals surface area (Å²) in [4.78, 5) is 0. The average Bonchev–Trinajstić information content (AvgIpc) is 2.76. The number of nitrogens with zero attached hydrogens (tertiary/aromatic N) is 2. The van der Waals surface area contributed by atoms with Crippen molar-refractivity contribution in [3.05, 3.63) is 16.4 Å². The molecular weight excluding hydrogens is 234 g/mol. The maximum absolute atomic E-state index is 6.31. The molecule has 0 saturated heterocycles. The quantitative estimate of drug-likeness (QED) is 0.900. The van der Waals surface area contributed by atoms with Crippen molar-refractivity contribution >= 4 is 11.6 Å². The predicted molar refractivity (Wildman–Crippen MR) is 71.5 cm³/mol. The molecule has 0 bridgehead atoms. The van der Waals surface area contributed by atoms with E-state index in [1.54, 1.807) is 4.68 Å². The van der Waals surface area contributed by atoms with E-state index in [0.29, 0.717) is 11.5 Å². The number of aromatic nitrogens is 2. The van der Waals surface area contributed by atoms with Crippen LogP contribution in [0.15, 0.2) is 0 Å². The zero-order valence-electron chi connectivity index (χ0n) is 11.2. The minimum atomic E-state index is 0.366. The van der Waals surface area contributed by atoms with Crippen LogP contribution < -0.4 is 5.32 Å². The second-order valence-electron chi connectivity index (χ2n) is 5.69. The van der Waals surface area contributed by atoms with E-state index in [2.05, 4.69) is 31.3 Å². The summed E-state index contributed by atoms with van der Waals surface area (Å²) in [5, 5.41) is 8.58. The lowest BCUT2D eigenvalue weighted by Crippen LogP contribution is -2.24. The van der Waals surface area contributed by atoms with Crippen LogP contribution >= 0.6 is 11.6 Å². The molecule has 2 atom stereocenters. The van der Waals surface area contributed by atoms with Gasteiger partial charge in [0, 0.05) is 18.7 Å². The van der Waals surface area contributed by atoms with Gasteiger partial charge in [0.1, 0.15) is 5.15 Å². The standard InChI is InChI=1S/C13H22ClN3/c1-9-11(12(14)17(4)16-9)8-13(2)6-5-10(7-13)15-3/h10,15H,5-8H2,1-4H3. The Bertz CT molecular complexity index is 413. The minimum absolute atomic E-state index is 0.366. The lowest BCUT2D eigenvalue weighted by molar-refractivity contribution is 0.324. The van der Waals surface area contributed by atoms with Crippen molar-refractivity contribution in [3.8, 4) is 0 Å². The molecule has 17 heavy (non-hydrogen) atoms. The van der Waals surface area contributed by atoms with Crippen molar-refractivity contribution in [1.29, 1.82) is 0 Å². The van der Waals surface area contributed by atoms with Crippen LogP contribution in [0.2, 0.25) is 5.15 Å². The molecule has 0 amide bonds. The average molecular weight is 256 g/mol. The van der Waals surface area contributed by atoms with Gasteiger partial charge in [-0.05, 0) is 45.1 Å². The van der Waals surface area contributed by atoms with Gasteiger partial charge in [-0.3, -0.25) is 4.68 Å². The van der Waals surface area contributed by atoms with Gasteiger partial charge in [-0.2, -0.15) is 5.10 Å². The number of halogens is 1. The Balaban J connectivity index is 2.16. The monoisotopic (exact) mass is 255 g/mol. The van der Waals surface area contributed by atoms with E-state index in [9.17, 15) is 0 Å². The summed E-state index contributed by atoms with van der Waals surface area (Å²) in [6.45, 7) is 4.42. The van der Waals surface area contributed by atoms with Crippen LogP contribution in [-0.4, -0.2) is 22.9 Å². The Hall–Kier alpha value is -0.540. The van der Waals surface area contributed by atoms with Crippen molar-refractivity contribution in [2.75, 3.05) is 7.05 Å². The van der Waals surface area contributed by atoms with Crippen molar-refractivity contribution in [3.63, 3.8) is 0 Å². The first-order chi connectivity index (χ1) is 7.95. The summed E-state index contributed by atoms with van der Waals surface area (Å²) in [6, 6.07) is 0.663. The number of aryl methyl sites for hydroxylation is 2. The fraction of sp³-hybridized carbons (Fsp3) is 0.769. The Morgan fingerprint density at radius 1 is 1.59 bits per heavy atom. The van der Waals surface area contributed by atoms with Crippen LogP contribution in [-0.2, 0) is 13.5 Å². The molecule has 0 aromatic carbocycles. The van der Waals surface area contributed by atoms with Crippen molar-refractivity contribution in [1.82, 2.24) is 15.1 Å². The first-order valence-corrected chi connectivity index (χ1v) is 6.68. The molecule has 2 rings (SSSR count). The molecule has 4 heteroatoms. The smallest absolute Gasteiger partial charge is 0.130 e. The molecule has 1 aromatic rings. The molecule has 1 aliphatic rings. The predicted octanol–water partition coefficient (Wildman–Crippen LogP) is 2.70. The molecule has 1 aliphatic carbocycles. The van der Waals surface area contributed by atoms with Gasteiger partial charge in [0.2, 0.25) is 0 Å². The van der Waals surface area contributed by atoms with Crippen LogP contribution in [0.4, 0.5) is 0 Å². The summed E-state index contributed by atoms with van der Waals surface area (Å²) < 4.78 is 1.78. The maximum Gasteiger partial charge on any atom is 0.130 e. The number of hydrogen-bond donors (Lipinski definition) is 1. The van der Waals surface area contributed by atoms with Gasteiger partial charge < -0.3 is 5.32 Å². The molecule has 1 aromatic heterocycles. The summed E-state index contributed by atoms with van der Waals surface area (Å²) in [5.41, 5.74) is 2.67. The SMILES string of the molecule is CNC1CCC(C)(Cc2c(C)nn(C)c2Cl)C1. The number of nitrogens with one attached hydrogen (secondary N) is 1. The van der Waals surface area contributed by atoms with E-state index >= 15 is 0 Å². The van der Waals surface area contributed by atoms with E-state index in [-0.39, 0.29) is 0 Å². The molecule has 1 heterocycles. The number of rotatable bonds is 3. The molecular formula is C13H22ClN3. The molecule has 1 fully saturated rings. The second kappa shape index (κ2) is 4.62. The third-order valence-electron chi connectivity index (χ3n) is 4.12. The highest BCUT2D eigenvalue weighted by Crippen LogP contribution is 2.42. The van der Waals surface area contributed by atoms with Crippen LogP contribution in [0.1, 0.15) is 37.4 Å². The van der Waals surface area contributed by atoms with Gasteiger partial charge in [-0.25, -0.2) is 0 Å². The minimum Gasteiger partial charge on any atom is -0.317 e. The first-order valence-electron chi connectivity index (χ1n) is 6.30. The third-order valence-corrected chi connectivity index (χ3v) is 4.59. The van der Waals surface area contributed by atoms with E-state index in [4.69, 9.17) is 11.6 Å². The van der Waals surface area contributed by atoms with Gasteiger partial charge in [0.25, 0.3) is 0 Å². The lowest BCUT2D eigenvalue weighted by atomic mass is 9.82. The van der Waals surface area contributed by atoms with Crippen molar-refractivity contribution in [2.24, 2.45) is 12.5 Å². The van der Waals surface area contributed by atoms with Crippen LogP contribution in [0.5, 0.6) is 0 Å². The molecule has 2 unspecified atom stereocenters. The zero-order valence-corrected chi connectivity index (χ0v) is 11.9. The Kier molecular flexibility index (Phi) is 3.50. The van der Waals surface area contributed by atoms with Gasteiger partial charge in [0.05, 0.1) is 5.69 Å². The van der Waals surface area contributed by atoms with Gasteiger partial charge in [-0.1, -0.05) is 18.5 Å². The zero-order chi connectivity index (χ0) is 12.6. The van der Waals surface area contributed by atoms with Crippen LogP contribution in [0, 0.1) is 12.3 Å². The third kappa shape index (κ3) is 2.50. The normalized spacial score (nSPS) is 28.9. The first kappa shape index (κ1) is 12.9. The van der Waals surface area contributed by atoms with E-state index in [1.165, 1.54) is 24.8 Å². The largest absolute Gasteiger partial charge is 0.317 e. The highest BCUT2D eigenvalue weighted by atomic mass is 35.5. The topological polar surface area (TPSA) is 29.9 Å². The highest BCUT2D eigenvalue weighted by molar-refractivity contribution is 6.30. The molecule has 3 nitrogen and oxygen atoms in total. The summed E-state index contributed by atoms with van der Waals surface area (Å²) in [5.74, 6) is 0. The van der Waals surface area contributed by atoms with Gasteiger partial charge >= 0.3 is 0 Å². The van der Waals surface area contributed by atoms with E-state index in [0.717, 1.165) is 17.3 Å². The Morgan fingerprint density at radius 3 is 2.76 bits per heavy atom. The second-order valence-corrected chi connectivity index (χ2v) is 6.05. The van der Waals surface area contributed by atoms with Gasteiger partial charge in [0.15, 0.2) is 0 Å². The van der Waals surface area contributed by atoms with Crippen LogP contribution in [0.3, 0.4) is 0 Å². The Labute approximate surface area is 109 Å². The van der Waals surface area contributed by atoms with Crippen molar-refractivity contribution < 1.29 is 0 Å². The van der Waals surface area contributed by atoms with Gasteiger partial charge in [-0.15, -0.1) is 0 Å². The molecule has 1 N–H and O–H groups in total. The molecule has 1 saturated carbocycles. The fourth-order valence-corrected chi connectivity index (χ4v) is 3.27. The summed E-state index contributed by atoms with van der Waals surface area (Å²) in [6.07, 6.45) is 4.81. The fourth-order valence-electron chi connectivity index (χ4n) is 3.03. The van der Waals surface area contributed by atoms with E-state index < -0.39 is 0 Å². The number of hydrogen-bond acceptors (Lipinski definition) is 2. The Morgan fingerprint density at radius 2 is 2.29 bits per heavy atom. The maximum atomic E-state index is 6.31. The molecule has 96 valence electrons. The highest BCUT2D eigenvalue weighted by Gasteiger charge is 2.35. The molecule has 0 radical (unpaired) electrons. The molecule has 0 spiro atoms. The van der Waals surface area contributed by atoms with Crippen LogP contribution in [0.25, 0.3) is 0 Å². The summed E-state index contributed by atoms with van der Waals surface area (Å²) in [7, 11) is 3.96. The van der Waals surface area contributed by atoms with E-state index in [1.807, 2.05) is 7.05 Å². The lowest BCUT2D eigenvalue weighted by Gasteiger charge is -2.24. The van der Waals surface area contributed by atoms with Crippen molar-refractivity contribution in [2.45, 2.75) is 45.6 Å². The summed E-state index contributed by atoms with van der Waals surface area (Å²) >= 11 is 6.31.